The van der Waals surface area contributed by atoms with Crippen LogP contribution < -0.4 is 40.5 Å². The number of nitrogens with one attached hydrogen (secondary N) is 2. The number of pyridine rings is 1. The number of aromatic nitrogens is 5. The fraction of sp³-hybridized carbons (Fsp3) is 0.508. The van der Waals surface area contributed by atoms with Gasteiger partial charge in [0.25, 0.3) is 0 Å². The number of likely N-dealkylation sites (tertiary alicyclic amines) is 1. The summed E-state index contributed by atoms with van der Waals surface area (Å²) in [5, 5.41) is 32.2. The first-order valence-corrected chi connectivity index (χ1v) is 30.2. The fourth-order valence-electron chi connectivity index (χ4n) is 13.3. The molecule has 21 heteroatoms. The first kappa shape index (κ1) is 55.2. The minimum absolute atomic E-state index is 0.00260. The van der Waals surface area contributed by atoms with Crippen LogP contribution in [0, 0.1) is 24.7 Å². The quantitative estimate of drug-likeness (QED) is 0.0621. The average Bonchev–Trinajstić information content (AvgIpc) is 4.33. The van der Waals surface area contributed by atoms with E-state index in [0.717, 1.165) is 117 Å². The largest absolute Gasteiger partial charge is 0.504 e. The number of amides is 2. The number of carbonyl (C=O) groups excluding carboxylic acids is 3. The molecule has 82 heavy (non-hydrogen) atoms. The molecule has 2 aromatic carbocycles. The summed E-state index contributed by atoms with van der Waals surface area (Å²) >= 11 is 1.59. The minimum Gasteiger partial charge on any atom is -0.504 e. The number of hydrogen-bond acceptors (Lipinski definition) is 19. The number of rotatable bonds is 18. The lowest BCUT2D eigenvalue weighted by Gasteiger charge is -2.43. The molecule has 2 bridgehead atoms. The number of phenolic OH excluding ortho intramolecular Hbond substituents is 1. The third kappa shape index (κ3) is 11.6. The number of benzene rings is 2. The van der Waals surface area contributed by atoms with Gasteiger partial charge in [0.05, 0.1) is 40.0 Å². The molecule has 20 nitrogen and oxygen atoms in total. The number of hydrogen-bond donors (Lipinski definition) is 4. The monoisotopic (exact) mass is 1130 g/mol. The molecule has 2 amide bonds. The van der Waals surface area contributed by atoms with Gasteiger partial charge in [-0.25, -0.2) is 9.97 Å². The van der Waals surface area contributed by atoms with E-state index < -0.39 is 18.1 Å². The van der Waals surface area contributed by atoms with Crippen molar-refractivity contribution >= 4 is 52.4 Å². The van der Waals surface area contributed by atoms with Crippen LogP contribution in [0.2, 0.25) is 0 Å². The number of thiazole rings is 1. The molecule has 1 aliphatic carbocycles. The Bertz CT molecular complexity index is 3210. The Kier molecular flexibility index (Phi) is 16.1. The van der Waals surface area contributed by atoms with Crippen molar-refractivity contribution in [1.29, 1.82) is 0 Å². The van der Waals surface area contributed by atoms with Crippen LogP contribution >= 0.6 is 11.3 Å². The zero-order valence-corrected chi connectivity index (χ0v) is 48.0. The molecule has 0 spiro atoms. The minimum atomic E-state index is -0.902. The molecule has 12 rings (SSSR count). The zero-order chi connectivity index (χ0) is 56.6. The first-order valence-electron chi connectivity index (χ1n) is 29.3. The number of nitrogens with two attached hydrogens (primary N) is 1. The number of piperazine rings is 2. The van der Waals surface area contributed by atoms with Crippen molar-refractivity contribution in [2.45, 2.75) is 115 Å². The normalized spacial score (nSPS) is 23.9. The Morgan fingerprint density at radius 2 is 1.66 bits per heavy atom. The van der Waals surface area contributed by atoms with E-state index in [2.05, 4.69) is 55.6 Å². The summed E-state index contributed by atoms with van der Waals surface area (Å²) in [5.74, 6) is 1.34. The highest BCUT2D eigenvalue weighted by Gasteiger charge is 2.46. The average molecular weight is 1130 g/mol. The van der Waals surface area contributed by atoms with Gasteiger partial charge in [-0.05, 0) is 113 Å². The molecule has 5 N–H and O–H groups in total. The molecule has 2 unspecified atom stereocenters. The number of fused-ring (bicyclic) bond motifs is 2. The fourth-order valence-corrected chi connectivity index (χ4v) is 14.1. The summed E-state index contributed by atoms with van der Waals surface area (Å²) in [7, 11) is 0. The number of aldehydes is 1. The predicted octanol–water partition coefficient (Wildman–Crippen LogP) is 7.25. The van der Waals surface area contributed by atoms with E-state index in [9.17, 15) is 14.7 Å². The number of phenols is 1. The second kappa shape index (κ2) is 23.9. The highest BCUT2D eigenvalue weighted by Crippen LogP contribution is 2.43. The van der Waals surface area contributed by atoms with Crippen LogP contribution in [0.4, 0.5) is 23.0 Å². The van der Waals surface area contributed by atoms with Gasteiger partial charge < -0.3 is 59.9 Å². The lowest BCUT2D eigenvalue weighted by molar-refractivity contribution is -0.141. The van der Waals surface area contributed by atoms with Crippen molar-refractivity contribution in [2.24, 2.45) is 17.8 Å². The van der Waals surface area contributed by atoms with Gasteiger partial charge in [-0.1, -0.05) is 49.3 Å². The molecule has 5 saturated heterocycles. The van der Waals surface area contributed by atoms with Gasteiger partial charge in [0.1, 0.15) is 30.5 Å². The maximum absolute atomic E-state index is 15.2. The van der Waals surface area contributed by atoms with Gasteiger partial charge in [-0.15, -0.1) is 21.5 Å². The van der Waals surface area contributed by atoms with E-state index in [1.807, 2.05) is 81.7 Å². The van der Waals surface area contributed by atoms with Crippen molar-refractivity contribution in [3.63, 3.8) is 0 Å². The van der Waals surface area contributed by atoms with Gasteiger partial charge in [0, 0.05) is 99.8 Å². The van der Waals surface area contributed by atoms with Gasteiger partial charge in [0.15, 0.2) is 28.9 Å². The Balaban J connectivity index is 0.754. The van der Waals surface area contributed by atoms with E-state index in [1.165, 1.54) is 12.8 Å². The highest BCUT2D eigenvalue weighted by molar-refractivity contribution is 7.13. The second-order valence-corrected chi connectivity index (χ2v) is 24.6. The Morgan fingerprint density at radius 1 is 0.890 bits per heavy atom. The van der Waals surface area contributed by atoms with Crippen molar-refractivity contribution in [1.82, 2.24) is 45.8 Å². The molecule has 432 valence electrons. The molecule has 6 fully saturated rings. The van der Waals surface area contributed by atoms with E-state index in [4.69, 9.17) is 19.7 Å². The smallest absolute Gasteiger partial charge is 0.243 e. The SMILES string of the molecule is Cc1ncsc1-c1ccc([C@H](C)NC(=O)[C@@H]2C[C@@H](Oc3cccc(-c4cc(N5CC6CCC(C5)N6c5ccnc(OC6CC(C=O)C6)c5)c(N)nn4)c3O)CN2C(=O)[C@H](c2cc(N3CCN(CC4CCNCC4)CC3)no2)C(C)C)cc1. The summed E-state index contributed by atoms with van der Waals surface area (Å²) in [4.78, 5) is 62.3. The summed E-state index contributed by atoms with van der Waals surface area (Å²) in [6.07, 6.45) is 8.14. The topological polar surface area (TPSA) is 234 Å². The van der Waals surface area contributed by atoms with Crippen LogP contribution in [0.1, 0.15) is 94.7 Å². The number of aromatic hydroxyl groups is 1. The van der Waals surface area contributed by atoms with Crippen LogP contribution in [0.25, 0.3) is 21.7 Å². The molecule has 9 heterocycles. The summed E-state index contributed by atoms with van der Waals surface area (Å²) in [6, 6.07) is 20.3. The third-order valence-electron chi connectivity index (χ3n) is 17.9. The Morgan fingerprint density at radius 3 is 2.38 bits per heavy atom. The lowest BCUT2D eigenvalue weighted by atomic mass is 9.83. The third-order valence-corrected chi connectivity index (χ3v) is 18.9. The molecule has 6 aliphatic rings. The molecule has 0 radical (unpaired) electrons. The van der Waals surface area contributed by atoms with Gasteiger partial charge in [-0.3, -0.25) is 14.5 Å². The second-order valence-electron chi connectivity index (χ2n) is 23.7. The van der Waals surface area contributed by atoms with Crippen LogP contribution in [0.15, 0.2) is 83.0 Å². The van der Waals surface area contributed by atoms with Crippen LogP contribution in [0.3, 0.4) is 0 Å². The number of para-hydroxylation sites is 1. The molecule has 1 saturated carbocycles. The number of ether oxygens (including phenoxy) is 2. The maximum atomic E-state index is 15.2. The van der Waals surface area contributed by atoms with Crippen LogP contribution in [0.5, 0.6) is 17.4 Å². The molecular formula is C61H75N13O7S. The number of nitrogens with zero attached hydrogens (tertiary/aromatic N) is 10. The van der Waals surface area contributed by atoms with Gasteiger partial charge in [-0.2, -0.15) is 0 Å². The van der Waals surface area contributed by atoms with Crippen molar-refractivity contribution < 1.29 is 33.5 Å². The first-order chi connectivity index (χ1) is 39.8. The number of nitrogen functional groups attached to an aromatic ring is 1. The summed E-state index contributed by atoms with van der Waals surface area (Å²) < 4.78 is 18.9. The Hall–Kier alpha value is -7.36. The van der Waals surface area contributed by atoms with Crippen molar-refractivity contribution in [3.05, 3.63) is 95.5 Å². The molecular weight excluding hydrogens is 1060 g/mol. The summed E-state index contributed by atoms with van der Waals surface area (Å²) in [6.45, 7) is 16.2. The number of aryl methyl sites for hydroxylation is 1. The molecule has 5 aliphatic heterocycles. The number of carbonyl (C=O) groups is 3. The standard InChI is InChI=1S/C61H75N13O7S/c1-36(2)56(53-29-54(69-81-53)71-22-20-70(21-23-71)30-39-14-17-63-18-15-39)61(78)73-33-47(27-51(73)60(77)66-37(3)41-8-10-42(11-9-41)58-38(4)65-35-82-58)79-52-7-5-6-48(57(52)76)49-28-50(59(62)68-67-49)72-31-44-12-13-45(32-72)74(44)43-16-19-64-55(26-43)80-46-24-40(25-46)34-75/h5-11,16,19,26,28-29,34-37,39-40,44-47,51,56,63,76H,12-15,17-18,20-25,27,30-33H2,1-4H3,(H2,62,68)(H,66,77)/t37-,40?,44?,45?,46?,47+,51-,56-/m0/s1. The maximum Gasteiger partial charge on any atom is 0.243 e. The van der Waals surface area contributed by atoms with Crippen molar-refractivity contribution in [2.75, 3.05) is 85.9 Å². The van der Waals surface area contributed by atoms with E-state index >= 15 is 4.79 Å². The number of piperidine rings is 1. The van der Waals surface area contributed by atoms with Gasteiger partial charge >= 0.3 is 0 Å². The van der Waals surface area contributed by atoms with Crippen molar-refractivity contribution in [3.8, 4) is 39.1 Å². The van der Waals surface area contributed by atoms with Crippen LogP contribution in [-0.4, -0.2) is 154 Å². The molecule has 4 aromatic heterocycles. The lowest BCUT2D eigenvalue weighted by Crippen LogP contribution is -2.54. The number of anilines is 4. The van der Waals surface area contributed by atoms with E-state index in [0.29, 0.717) is 41.8 Å². The predicted molar refractivity (Wildman–Crippen MR) is 314 cm³/mol. The van der Waals surface area contributed by atoms with E-state index in [-0.39, 0.29) is 78.2 Å². The molecule has 6 atom stereocenters. The summed E-state index contributed by atoms with van der Waals surface area (Å²) in [5.41, 5.74) is 14.0. The Labute approximate surface area is 482 Å². The zero-order valence-electron chi connectivity index (χ0n) is 47.2. The molecule has 6 aromatic rings. The highest BCUT2D eigenvalue weighted by atomic mass is 32.1. The van der Waals surface area contributed by atoms with E-state index in [1.54, 1.807) is 40.6 Å². The van der Waals surface area contributed by atoms with Crippen LogP contribution in [-0.2, 0) is 14.4 Å². The van der Waals surface area contributed by atoms with Gasteiger partial charge in [0.2, 0.25) is 17.7 Å².